The van der Waals surface area contributed by atoms with Gasteiger partial charge in [0.1, 0.15) is 0 Å². The Bertz CT molecular complexity index is 645. The molecule has 0 amide bonds. The van der Waals surface area contributed by atoms with E-state index in [4.69, 9.17) is 0 Å². The molecule has 0 aromatic heterocycles. The van der Waals surface area contributed by atoms with E-state index >= 15 is 0 Å². The van der Waals surface area contributed by atoms with Crippen LogP contribution in [0.25, 0.3) is 0 Å². The number of carbonyl (C=O) groups excluding carboxylic acids is 1. The van der Waals surface area contributed by atoms with Gasteiger partial charge in [0.05, 0.1) is 5.41 Å². The summed E-state index contributed by atoms with van der Waals surface area (Å²) in [6, 6.07) is 20.6. The molecule has 2 unspecified atom stereocenters. The van der Waals surface area contributed by atoms with Crippen molar-refractivity contribution in [2.45, 2.75) is 18.3 Å². The van der Waals surface area contributed by atoms with E-state index in [0.29, 0.717) is 11.7 Å². The van der Waals surface area contributed by atoms with Gasteiger partial charge in [0.2, 0.25) is 0 Å². The van der Waals surface area contributed by atoms with Gasteiger partial charge in [0, 0.05) is 5.92 Å². The summed E-state index contributed by atoms with van der Waals surface area (Å²) in [6.07, 6.45) is 6.32. The fraction of sp³-hybridized carbons (Fsp3) is 0.250. The first-order valence-electron chi connectivity index (χ1n) is 7.65. The lowest BCUT2D eigenvalue weighted by Gasteiger charge is -2.55. The first kappa shape index (κ1) is 12.6. The Kier molecular flexibility index (Phi) is 2.81. The van der Waals surface area contributed by atoms with E-state index in [-0.39, 0.29) is 5.92 Å². The third-order valence-electron chi connectivity index (χ3n) is 5.17. The van der Waals surface area contributed by atoms with Crippen molar-refractivity contribution in [3.8, 4) is 0 Å². The normalized spacial score (nSPS) is 26.0. The Morgan fingerprint density at radius 3 is 1.86 bits per heavy atom. The van der Waals surface area contributed by atoms with Gasteiger partial charge < -0.3 is 0 Å². The number of hydrogen-bond donors (Lipinski definition) is 0. The Hall–Kier alpha value is -2.15. The van der Waals surface area contributed by atoms with Crippen LogP contribution in [0, 0.1) is 11.8 Å². The minimum absolute atomic E-state index is 0.204. The van der Waals surface area contributed by atoms with Crippen molar-refractivity contribution in [3.63, 3.8) is 0 Å². The molecule has 1 fully saturated rings. The number of carbonyl (C=O) groups is 1. The van der Waals surface area contributed by atoms with Crippen LogP contribution in [-0.2, 0) is 10.2 Å². The van der Waals surface area contributed by atoms with Gasteiger partial charge >= 0.3 is 0 Å². The van der Waals surface area contributed by atoms with E-state index in [2.05, 4.69) is 36.4 Å². The highest BCUT2D eigenvalue weighted by molar-refractivity contribution is 6.02. The van der Waals surface area contributed by atoms with Crippen LogP contribution in [0.4, 0.5) is 0 Å². The smallest absolute Gasteiger partial charge is 0.151 e. The van der Waals surface area contributed by atoms with Crippen molar-refractivity contribution in [1.82, 2.24) is 0 Å². The summed E-state index contributed by atoms with van der Waals surface area (Å²) >= 11 is 0. The van der Waals surface area contributed by atoms with Crippen molar-refractivity contribution in [3.05, 3.63) is 83.9 Å². The Balaban J connectivity index is 1.93. The summed E-state index contributed by atoms with van der Waals surface area (Å²) in [4.78, 5) is 13.1. The molecule has 1 nitrogen and oxygen atoms in total. The third-order valence-corrected chi connectivity index (χ3v) is 5.17. The molecule has 0 saturated heterocycles. The van der Waals surface area contributed by atoms with Crippen molar-refractivity contribution < 1.29 is 4.79 Å². The lowest BCUT2D eigenvalue weighted by Crippen LogP contribution is -2.61. The van der Waals surface area contributed by atoms with Gasteiger partial charge in [-0.05, 0) is 29.9 Å². The summed E-state index contributed by atoms with van der Waals surface area (Å²) in [5.41, 5.74) is 1.87. The van der Waals surface area contributed by atoms with E-state index in [1.807, 2.05) is 36.4 Å². The minimum atomic E-state index is -0.433. The molecular weight excluding hydrogens is 256 g/mol. The molecule has 2 aromatic rings. The first-order chi connectivity index (χ1) is 10.3. The lowest BCUT2D eigenvalue weighted by atomic mass is 9.45. The summed E-state index contributed by atoms with van der Waals surface area (Å²) in [5, 5.41) is 0. The zero-order valence-corrected chi connectivity index (χ0v) is 11.9. The number of fused-ring (bicyclic) bond motifs is 1. The molecule has 2 aromatic carbocycles. The number of hydrogen-bond acceptors (Lipinski definition) is 1. The Labute approximate surface area is 125 Å². The number of rotatable bonds is 2. The first-order valence-corrected chi connectivity index (χ1v) is 7.65. The average molecular weight is 274 g/mol. The second kappa shape index (κ2) is 4.70. The highest BCUT2D eigenvalue weighted by atomic mass is 16.1. The standard InChI is InChI=1S/C20H18O/c21-19-17-13-7-8-14-18(17)20(19,15-9-3-1-4-10-15)16-11-5-2-6-12-16/h1-12,17-18H,13-14H2. The quantitative estimate of drug-likeness (QED) is 0.752. The molecule has 0 bridgehead atoms. The lowest BCUT2D eigenvalue weighted by molar-refractivity contribution is -0.144. The van der Waals surface area contributed by atoms with Crippen molar-refractivity contribution in [2.75, 3.05) is 0 Å². The Morgan fingerprint density at radius 1 is 0.762 bits per heavy atom. The highest BCUT2D eigenvalue weighted by Crippen LogP contribution is 2.57. The molecule has 21 heavy (non-hydrogen) atoms. The zero-order valence-electron chi connectivity index (χ0n) is 11.9. The number of ketones is 1. The van der Waals surface area contributed by atoms with Crippen molar-refractivity contribution in [1.29, 1.82) is 0 Å². The van der Waals surface area contributed by atoms with Crippen LogP contribution in [0.3, 0.4) is 0 Å². The van der Waals surface area contributed by atoms with Crippen LogP contribution in [0.5, 0.6) is 0 Å². The molecule has 0 aliphatic heterocycles. The highest BCUT2D eigenvalue weighted by Gasteiger charge is 2.62. The predicted molar refractivity (Wildman–Crippen MR) is 84.0 cm³/mol. The van der Waals surface area contributed by atoms with Crippen molar-refractivity contribution in [2.24, 2.45) is 11.8 Å². The molecule has 1 heteroatoms. The monoisotopic (exact) mass is 274 g/mol. The molecule has 0 N–H and O–H groups in total. The number of benzene rings is 2. The van der Waals surface area contributed by atoms with Crippen LogP contribution in [0.1, 0.15) is 24.0 Å². The molecule has 2 atom stereocenters. The van der Waals surface area contributed by atoms with Crippen LogP contribution in [-0.4, -0.2) is 5.78 Å². The van der Waals surface area contributed by atoms with Crippen LogP contribution < -0.4 is 0 Å². The van der Waals surface area contributed by atoms with Crippen LogP contribution in [0.2, 0.25) is 0 Å². The molecule has 0 heterocycles. The predicted octanol–water partition coefficient (Wildman–Crippen LogP) is 4.14. The molecule has 104 valence electrons. The summed E-state index contributed by atoms with van der Waals surface area (Å²) in [6.45, 7) is 0. The zero-order chi connectivity index (χ0) is 14.3. The summed E-state index contributed by atoms with van der Waals surface area (Å²) in [7, 11) is 0. The second-order valence-corrected chi connectivity index (χ2v) is 6.06. The summed E-state index contributed by atoms with van der Waals surface area (Å²) in [5.74, 6) is 1.00. The fourth-order valence-corrected chi connectivity index (χ4v) is 4.24. The van der Waals surface area contributed by atoms with Crippen LogP contribution in [0.15, 0.2) is 72.8 Å². The maximum atomic E-state index is 13.1. The van der Waals surface area contributed by atoms with Gasteiger partial charge in [0.25, 0.3) is 0 Å². The molecule has 0 spiro atoms. The van der Waals surface area contributed by atoms with Gasteiger partial charge in [-0.15, -0.1) is 0 Å². The van der Waals surface area contributed by atoms with Crippen molar-refractivity contribution >= 4 is 5.78 Å². The SMILES string of the molecule is O=C1C2CC=CCC2C1(c1ccccc1)c1ccccc1. The maximum absolute atomic E-state index is 13.1. The molecular formula is C20H18O. The third kappa shape index (κ3) is 1.61. The van der Waals surface area contributed by atoms with Crippen LogP contribution >= 0.6 is 0 Å². The van der Waals surface area contributed by atoms with Gasteiger partial charge in [-0.25, -0.2) is 0 Å². The molecule has 4 rings (SSSR count). The Morgan fingerprint density at radius 2 is 1.29 bits per heavy atom. The molecule has 2 aliphatic carbocycles. The fourth-order valence-electron chi connectivity index (χ4n) is 4.24. The van der Waals surface area contributed by atoms with E-state index < -0.39 is 5.41 Å². The number of Topliss-reactive ketones (excluding diaryl/α,β-unsaturated/α-hetero) is 1. The number of allylic oxidation sites excluding steroid dienone is 2. The largest absolute Gasteiger partial charge is 0.298 e. The van der Waals surface area contributed by atoms with E-state index in [1.165, 1.54) is 0 Å². The summed E-state index contributed by atoms with van der Waals surface area (Å²) < 4.78 is 0. The minimum Gasteiger partial charge on any atom is -0.298 e. The van der Waals surface area contributed by atoms with E-state index in [1.54, 1.807) is 0 Å². The second-order valence-electron chi connectivity index (χ2n) is 6.06. The van der Waals surface area contributed by atoms with Gasteiger partial charge in [-0.1, -0.05) is 72.8 Å². The van der Waals surface area contributed by atoms with Gasteiger partial charge in [-0.2, -0.15) is 0 Å². The van der Waals surface area contributed by atoms with E-state index in [9.17, 15) is 4.79 Å². The topological polar surface area (TPSA) is 17.1 Å². The van der Waals surface area contributed by atoms with Gasteiger partial charge in [0.15, 0.2) is 5.78 Å². The molecule has 2 aliphatic rings. The molecule has 0 radical (unpaired) electrons. The van der Waals surface area contributed by atoms with E-state index in [0.717, 1.165) is 24.0 Å². The average Bonchev–Trinajstić information content (AvgIpc) is 2.57. The maximum Gasteiger partial charge on any atom is 0.151 e. The molecule has 1 saturated carbocycles. The van der Waals surface area contributed by atoms with Gasteiger partial charge in [-0.3, -0.25) is 4.79 Å².